The molecule has 2 aromatic heterocycles. The van der Waals surface area contributed by atoms with Crippen LogP contribution in [0.4, 0.5) is 0 Å². The van der Waals surface area contributed by atoms with Crippen molar-refractivity contribution in [2.75, 3.05) is 0 Å². The lowest BCUT2D eigenvalue weighted by atomic mass is 10.2. The second kappa shape index (κ2) is 3.04. The van der Waals surface area contributed by atoms with Crippen LogP contribution in [0.15, 0.2) is 35.7 Å². The van der Waals surface area contributed by atoms with Crippen molar-refractivity contribution < 1.29 is 0 Å². The number of hydrogen-bond donors (Lipinski definition) is 1. The van der Waals surface area contributed by atoms with E-state index in [1.165, 1.54) is 21.1 Å². The number of rotatable bonds is 1. The van der Waals surface area contributed by atoms with Gasteiger partial charge in [0.1, 0.15) is 4.83 Å². The zero-order valence-electron chi connectivity index (χ0n) is 7.47. The minimum absolute atomic E-state index is 0.741. The van der Waals surface area contributed by atoms with Gasteiger partial charge in [0.25, 0.3) is 0 Å². The molecule has 0 unspecified atom stereocenters. The van der Waals surface area contributed by atoms with Crippen molar-refractivity contribution in [1.82, 2.24) is 4.57 Å². The lowest BCUT2D eigenvalue weighted by Crippen LogP contribution is -1.88. The summed E-state index contributed by atoms with van der Waals surface area (Å²) in [5, 5.41) is 4.81. The maximum Gasteiger partial charge on any atom is 0.104 e. The molecule has 70 valence electrons. The smallest absolute Gasteiger partial charge is 0.104 e. The topological polar surface area (TPSA) is 4.93 Å². The van der Waals surface area contributed by atoms with Gasteiger partial charge in [-0.15, -0.1) is 11.3 Å². The van der Waals surface area contributed by atoms with Crippen LogP contribution in [0.3, 0.4) is 0 Å². The molecule has 0 amide bonds. The number of fused-ring (bicyclic) bond motifs is 3. The average Bonchev–Trinajstić information content (AvgIpc) is 2.77. The molecule has 0 radical (unpaired) electrons. The Morgan fingerprint density at radius 2 is 2.00 bits per heavy atom. The molecule has 1 aromatic carbocycles. The number of hydrogen-bond acceptors (Lipinski definition) is 2. The molecule has 0 aliphatic rings. The molecule has 3 aromatic rings. The van der Waals surface area contributed by atoms with Crippen molar-refractivity contribution in [2.45, 2.75) is 5.88 Å². The van der Waals surface area contributed by atoms with Crippen molar-refractivity contribution in [3.8, 4) is 0 Å². The summed E-state index contributed by atoms with van der Waals surface area (Å²) in [7, 11) is 0. The van der Waals surface area contributed by atoms with Gasteiger partial charge in [-0.2, -0.15) is 12.6 Å². The molecule has 0 fully saturated rings. The molecular weight excluding hydrogens is 210 g/mol. The van der Waals surface area contributed by atoms with Crippen LogP contribution in [0.2, 0.25) is 0 Å². The largest absolute Gasteiger partial charge is 0.323 e. The Bertz CT molecular complexity index is 591. The summed E-state index contributed by atoms with van der Waals surface area (Å²) in [6, 6.07) is 10.7. The fraction of sp³-hybridized carbons (Fsp3) is 0.0909. The minimum atomic E-state index is 0.741. The SMILES string of the molecule is SCn1c2ccccc2c2ccsc21. The molecule has 0 atom stereocenters. The highest BCUT2D eigenvalue weighted by atomic mass is 32.1. The third-order valence-corrected chi connectivity index (χ3v) is 3.73. The van der Waals surface area contributed by atoms with E-state index < -0.39 is 0 Å². The van der Waals surface area contributed by atoms with Gasteiger partial charge in [0.05, 0.1) is 11.4 Å². The van der Waals surface area contributed by atoms with E-state index >= 15 is 0 Å². The summed E-state index contributed by atoms with van der Waals surface area (Å²) in [6.07, 6.45) is 0. The number of benzene rings is 1. The summed E-state index contributed by atoms with van der Waals surface area (Å²) < 4.78 is 2.25. The van der Waals surface area contributed by atoms with Crippen LogP contribution in [-0.2, 0) is 5.88 Å². The third kappa shape index (κ3) is 0.967. The zero-order valence-corrected chi connectivity index (χ0v) is 9.18. The van der Waals surface area contributed by atoms with Crippen LogP contribution in [0.25, 0.3) is 21.1 Å². The Hall–Kier alpha value is -0.930. The van der Waals surface area contributed by atoms with E-state index in [2.05, 4.69) is 52.9 Å². The van der Waals surface area contributed by atoms with Gasteiger partial charge in [0, 0.05) is 10.8 Å². The minimum Gasteiger partial charge on any atom is -0.323 e. The van der Waals surface area contributed by atoms with E-state index in [-0.39, 0.29) is 0 Å². The van der Waals surface area contributed by atoms with Crippen molar-refractivity contribution >= 4 is 45.1 Å². The first-order valence-electron chi connectivity index (χ1n) is 4.47. The molecule has 0 saturated heterocycles. The Kier molecular flexibility index (Phi) is 1.82. The van der Waals surface area contributed by atoms with Crippen LogP contribution in [0, 0.1) is 0 Å². The van der Waals surface area contributed by atoms with Crippen LogP contribution < -0.4 is 0 Å². The fourth-order valence-electron chi connectivity index (χ4n) is 1.90. The van der Waals surface area contributed by atoms with Gasteiger partial charge in [0.2, 0.25) is 0 Å². The number of aromatic nitrogens is 1. The Morgan fingerprint density at radius 3 is 2.86 bits per heavy atom. The van der Waals surface area contributed by atoms with E-state index in [0.717, 1.165) is 5.88 Å². The van der Waals surface area contributed by atoms with Gasteiger partial charge in [-0.05, 0) is 17.5 Å². The summed E-state index contributed by atoms with van der Waals surface area (Å²) in [6.45, 7) is 0. The maximum atomic E-state index is 4.37. The van der Waals surface area contributed by atoms with Gasteiger partial charge in [-0.3, -0.25) is 0 Å². The Labute approximate surface area is 91.4 Å². The quantitative estimate of drug-likeness (QED) is 0.595. The first kappa shape index (κ1) is 8.38. The average molecular weight is 219 g/mol. The third-order valence-electron chi connectivity index (χ3n) is 2.52. The molecule has 0 saturated carbocycles. The highest BCUT2D eigenvalue weighted by Gasteiger charge is 2.08. The Balaban J connectivity index is 2.62. The zero-order chi connectivity index (χ0) is 9.54. The van der Waals surface area contributed by atoms with Crippen molar-refractivity contribution in [1.29, 1.82) is 0 Å². The Morgan fingerprint density at radius 1 is 1.14 bits per heavy atom. The highest BCUT2D eigenvalue weighted by molar-refractivity contribution is 7.79. The van der Waals surface area contributed by atoms with Crippen LogP contribution >= 0.6 is 24.0 Å². The van der Waals surface area contributed by atoms with E-state index in [0.29, 0.717) is 0 Å². The monoisotopic (exact) mass is 219 g/mol. The molecule has 0 aliphatic carbocycles. The van der Waals surface area contributed by atoms with E-state index in [1.807, 2.05) is 0 Å². The second-order valence-corrected chi connectivity index (χ2v) is 4.40. The van der Waals surface area contributed by atoms with Crippen molar-refractivity contribution in [2.24, 2.45) is 0 Å². The first-order chi connectivity index (χ1) is 6.92. The number of para-hydroxylation sites is 1. The van der Waals surface area contributed by atoms with E-state index in [1.54, 1.807) is 11.3 Å². The summed E-state index contributed by atoms with van der Waals surface area (Å²) >= 11 is 6.15. The summed E-state index contributed by atoms with van der Waals surface area (Å²) in [5.74, 6) is 0.741. The van der Waals surface area contributed by atoms with Gasteiger partial charge in [-0.25, -0.2) is 0 Å². The lowest BCUT2D eigenvalue weighted by molar-refractivity contribution is 1.00. The second-order valence-electron chi connectivity index (χ2n) is 3.23. The van der Waals surface area contributed by atoms with Gasteiger partial charge >= 0.3 is 0 Å². The first-order valence-corrected chi connectivity index (χ1v) is 5.98. The summed E-state index contributed by atoms with van der Waals surface area (Å²) in [4.78, 5) is 1.32. The predicted molar refractivity (Wildman–Crippen MR) is 66.3 cm³/mol. The van der Waals surface area contributed by atoms with Gasteiger partial charge in [0.15, 0.2) is 0 Å². The summed E-state index contributed by atoms with van der Waals surface area (Å²) in [5.41, 5.74) is 1.28. The molecule has 0 N–H and O–H groups in total. The van der Waals surface area contributed by atoms with Gasteiger partial charge < -0.3 is 4.57 Å². The molecule has 14 heavy (non-hydrogen) atoms. The molecular formula is C11H9NS2. The number of nitrogens with zero attached hydrogens (tertiary/aromatic N) is 1. The number of thiophene rings is 1. The highest BCUT2D eigenvalue weighted by Crippen LogP contribution is 2.32. The van der Waals surface area contributed by atoms with E-state index in [9.17, 15) is 0 Å². The van der Waals surface area contributed by atoms with Crippen molar-refractivity contribution in [3.05, 3.63) is 35.7 Å². The van der Waals surface area contributed by atoms with Gasteiger partial charge in [-0.1, -0.05) is 18.2 Å². The molecule has 0 aliphatic heterocycles. The predicted octanol–water partition coefficient (Wildman–Crippen LogP) is 3.74. The number of thiol groups is 1. The molecule has 0 spiro atoms. The molecule has 1 nitrogen and oxygen atoms in total. The lowest BCUT2D eigenvalue weighted by Gasteiger charge is -1.99. The molecule has 2 heterocycles. The van der Waals surface area contributed by atoms with E-state index in [4.69, 9.17) is 0 Å². The molecule has 3 heteroatoms. The van der Waals surface area contributed by atoms with Crippen LogP contribution in [-0.4, -0.2) is 4.57 Å². The fourth-order valence-corrected chi connectivity index (χ4v) is 3.22. The normalized spacial score (nSPS) is 11.5. The molecule has 0 bridgehead atoms. The van der Waals surface area contributed by atoms with Crippen molar-refractivity contribution in [3.63, 3.8) is 0 Å². The van der Waals surface area contributed by atoms with Crippen LogP contribution in [0.1, 0.15) is 0 Å². The standard InChI is InChI=1S/C11H9NS2/c13-7-12-10-4-2-1-3-8(10)9-5-6-14-11(9)12/h1-6,13H,7H2. The molecule has 3 rings (SSSR count). The van der Waals surface area contributed by atoms with Crippen LogP contribution in [0.5, 0.6) is 0 Å². The maximum absolute atomic E-state index is 4.37.